The second-order valence-corrected chi connectivity index (χ2v) is 6.93. The number of aliphatic hydroxyl groups is 1. The van der Waals surface area contributed by atoms with Gasteiger partial charge in [0, 0.05) is 29.9 Å². The second-order valence-electron chi connectivity index (χ2n) is 6.93. The molecule has 0 unspecified atom stereocenters. The third-order valence-electron chi connectivity index (χ3n) is 4.70. The van der Waals surface area contributed by atoms with Crippen LogP contribution in [0.4, 0.5) is 5.82 Å². The summed E-state index contributed by atoms with van der Waals surface area (Å²) in [5, 5.41) is 16.4. The summed E-state index contributed by atoms with van der Waals surface area (Å²) < 4.78 is 1.79. The molecule has 0 saturated heterocycles. The number of nitrogens with zero attached hydrogens (tertiary/aromatic N) is 3. The molecule has 29 heavy (non-hydrogen) atoms. The number of carbonyl (C=O) groups is 1. The van der Waals surface area contributed by atoms with Gasteiger partial charge in [-0.15, -0.1) is 0 Å². The Morgan fingerprint density at radius 2 is 1.83 bits per heavy atom. The molecule has 0 spiro atoms. The molecular weight excluding hydrogens is 364 g/mol. The van der Waals surface area contributed by atoms with E-state index in [1.54, 1.807) is 16.6 Å². The van der Waals surface area contributed by atoms with Gasteiger partial charge >= 0.3 is 0 Å². The SMILES string of the molecule is Cc1cc2nc(NC(=O)c3ccc(CCCO)cc3)cc(-c3ccccc3)n2n1. The molecule has 1 amide bonds. The summed E-state index contributed by atoms with van der Waals surface area (Å²) in [5.74, 6) is 0.261. The van der Waals surface area contributed by atoms with Crippen molar-refractivity contribution < 1.29 is 9.90 Å². The molecule has 6 nitrogen and oxygen atoms in total. The lowest BCUT2D eigenvalue weighted by molar-refractivity contribution is 0.102. The van der Waals surface area contributed by atoms with Gasteiger partial charge in [0.1, 0.15) is 5.82 Å². The minimum absolute atomic E-state index is 0.161. The molecule has 0 saturated carbocycles. The summed E-state index contributed by atoms with van der Waals surface area (Å²) in [5.41, 5.74) is 5.04. The monoisotopic (exact) mass is 386 g/mol. The van der Waals surface area contributed by atoms with Crippen LogP contribution in [0.2, 0.25) is 0 Å². The smallest absolute Gasteiger partial charge is 0.256 e. The Balaban J connectivity index is 1.63. The summed E-state index contributed by atoms with van der Waals surface area (Å²) in [6.45, 7) is 2.08. The molecule has 0 bridgehead atoms. The van der Waals surface area contributed by atoms with Crippen molar-refractivity contribution in [1.82, 2.24) is 14.6 Å². The van der Waals surface area contributed by atoms with Crippen LogP contribution in [0.3, 0.4) is 0 Å². The van der Waals surface area contributed by atoms with Crippen molar-refractivity contribution in [2.75, 3.05) is 11.9 Å². The van der Waals surface area contributed by atoms with Crippen molar-refractivity contribution in [3.05, 3.63) is 83.6 Å². The van der Waals surface area contributed by atoms with Gasteiger partial charge in [-0.1, -0.05) is 42.5 Å². The number of anilines is 1. The molecule has 0 fully saturated rings. The zero-order valence-corrected chi connectivity index (χ0v) is 16.2. The zero-order chi connectivity index (χ0) is 20.2. The Morgan fingerprint density at radius 1 is 1.07 bits per heavy atom. The van der Waals surface area contributed by atoms with E-state index in [2.05, 4.69) is 15.4 Å². The first kappa shape index (κ1) is 18.8. The van der Waals surface area contributed by atoms with Gasteiger partial charge < -0.3 is 10.4 Å². The quantitative estimate of drug-likeness (QED) is 0.527. The van der Waals surface area contributed by atoms with E-state index in [-0.39, 0.29) is 12.5 Å². The van der Waals surface area contributed by atoms with Gasteiger partial charge in [0.05, 0.1) is 11.4 Å². The number of rotatable bonds is 6. The van der Waals surface area contributed by atoms with Crippen LogP contribution in [0, 0.1) is 6.92 Å². The number of carbonyl (C=O) groups excluding carboxylic acids is 1. The first-order valence-electron chi connectivity index (χ1n) is 9.58. The maximum atomic E-state index is 12.7. The molecule has 2 N–H and O–H groups in total. The standard InChI is InChI=1S/C23H22N4O2/c1-16-14-22-24-21(15-20(27(22)26-16)18-7-3-2-4-8-18)25-23(29)19-11-9-17(10-12-19)6-5-13-28/h2-4,7-12,14-15,28H,5-6,13H2,1H3,(H,24,25,29). The molecule has 146 valence electrons. The number of nitrogens with one attached hydrogen (secondary N) is 1. The van der Waals surface area contributed by atoms with Crippen LogP contribution in [0.25, 0.3) is 16.9 Å². The highest BCUT2D eigenvalue weighted by Gasteiger charge is 2.13. The maximum absolute atomic E-state index is 12.7. The van der Waals surface area contributed by atoms with Crippen LogP contribution in [0.5, 0.6) is 0 Å². The van der Waals surface area contributed by atoms with E-state index in [4.69, 9.17) is 5.11 Å². The van der Waals surface area contributed by atoms with Crippen molar-refractivity contribution in [3.8, 4) is 11.3 Å². The van der Waals surface area contributed by atoms with Crippen molar-refractivity contribution in [2.45, 2.75) is 19.8 Å². The molecule has 4 rings (SSSR count). The van der Waals surface area contributed by atoms with Gasteiger partial charge in [0.25, 0.3) is 5.91 Å². The molecule has 0 atom stereocenters. The molecule has 0 aliphatic rings. The van der Waals surface area contributed by atoms with Gasteiger partial charge in [0.15, 0.2) is 5.65 Å². The van der Waals surface area contributed by atoms with Crippen molar-refractivity contribution in [3.63, 3.8) is 0 Å². The highest BCUT2D eigenvalue weighted by Crippen LogP contribution is 2.23. The molecule has 0 radical (unpaired) electrons. The number of hydrogen-bond donors (Lipinski definition) is 2. The summed E-state index contributed by atoms with van der Waals surface area (Å²) in [6, 6.07) is 21.0. The largest absolute Gasteiger partial charge is 0.396 e. The molecule has 2 aromatic heterocycles. The van der Waals surface area contributed by atoms with E-state index in [1.165, 1.54) is 0 Å². The van der Waals surface area contributed by atoms with E-state index in [9.17, 15) is 4.79 Å². The van der Waals surface area contributed by atoms with E-state index in [0.29, 0.717) is 23.4 Å². The minimum atomic E-state index is -0.217. The van der Waals surface area contributed by atoms with E-state index in [1.807, 2.05) is 61.5 Å². The van der Waals surface area contributed by atoms with Gasteiger partial charge in [0.2, 0.25) is 0 Å². The third kappa shape index (κ3) is 4.17. The Labute approximate surface area is 168 Å². The van der Waals surface area contributed by atoms with Gasteiger partial charge in [-0.25, -0.2) is 9.50 Å². The maximum Gasteiger partial charge on any atom is 0.256 e. The first-order chi connectivity index (χ1) is 14.1. The number of aliphatic hydroxyl groups excluding tert-OH is 1. The topological polar surface area (TPSA) is 79.5 Å². The average Bonchev–Trinajstić information content (AvgIpc) is 3.12. The molecule has 0 aliphatic carbocycles. The fraction of sp³-hybridized carbons (Fsp3) is 0.174. The fourth-order valence-electron chi connectivity index (χ4n) is 3.26. The van der Waals surface area contributed by atoms with Crippen molar-refractivity contribution in [1.29, 1.82) is 0 Å². The Kier molecular flexibility index (Phi) is 5.35. The summed E-state index contributed by atoms with van der Waals surface area (Å²) in [4.78, 5) is 17.3. The highest BCUT2D eigenvalue weighted by molar-refractivity contribution is 6.04. The minimum Gasteiger partial charge on any atom is -0.396 e. The number of fused-ring (bicyclic) bond motifs is 1. The number of benzene rings is 2. The first-order valence-corrected chi connectivity index (χ1v) is 9.58. The number of amides is 1. The Morgan fingerprint density at radius 3 is 2.55 bits per heavy atom. The Hall–Kier alpha value is -3.51. The number of hydrogen-bond acceptors (Lipinski definition) is 4. The molecule has 4 aromatic rings. The van der Waals surface area contributed by atoms with Crippen LogP contribution in [-0.2, 0) is 6.42 Å². The highest BCUT2D eigenvalue weighted by atomic mass is 16.2. The third-order valence-corrected chi connectivity index (χ3v) is 4.70. The lowest BCUT2D eigenvalue weighted by Gasteiger charge is -2.10. The van der Waals surface area contributed by atoms with Gasteiger partial charge in [-0.2, -0.15) is 5.10 Å². The predicted molar refractivity (Wildman–Crippen MR) is 113 cm³/mol. The second kappa shape index (κ2) is 8.24. The number of aryl methyl sites for hydroxylation is 2. The van der Waals surface area contributed by atoms with Crippen molar-refractivity contribution in [2.24, 2.45) is 0 Å². The van der Waals surface area contributed by atoms with Gasteiger partial charge in [-0.3, -0.25) is 4.79 Å². The van der Waals surface area contributed by atoms with Crippen molar-refractivity contribution >= 4 is 17.4 Å². The van der Waals surface area contributed by atoms with Gasteiger partial charge in [-0.05, 0) is 37.5 Å². The zero-order valence-electron chi connectivity index (χ0n) is 16.2. The van der Waals surface area contributed by atoms with Crippen LogP contribution in [0.15, 0.2) is 66.7 Å². The summed E-state index contributed by atoms with van der Waals surface area (Å²) in [6.07, 6.45) is 1.50. The number of aromatic nitrogens is 3. The van der Waals surface area contributed by atoms with E-state index < -0.39 is 0 Å². The Bertz CT molecular complexity index is 1130. The average molecular weight is 386 g/mol. The normalized spacial score (nSPS) is 11.0. The van der Waals surface area contributed by atoms with Crippen LogP contribution in [-0.4, -0.2) is 32.2 Å². The molecule has 2 aromatic carbocycles. The summed E-state index contributed by atoms with van der Waals surface area (Å²) in [7, 11) is 0. The van der Waals surface area contributed by atoms with Crippen LogP contribution >= 0.6 is 0 Å². The summed E-state index contributed by atoms with van der Waals surface area (Å²) >= 11 is 0. The van der Waals surface area contributed by atoms with E-state index >= 15 is 0 Å². The molecular formula is C23H22N4O2. The molecule has 0 aliphatic heterocycles. The van der Waals surface area contributed by atoms with Crippen LogP contribution in [0.1, 0.15) is 28.0 Å². The van der Waals surface area contributed by atoms with Crippen LogP contribution < -0.4 is 5.32 Å². The predicted octanol–water partition coefficient (Wildman–Crippen LogP) is 3.88. The lowest BCUT2D eigenvalue weighted by Crippen LogP contribution is -2.14. The van der Waals surface area contributed by atoms with E-state index in [0.717, 1.165) is 28.9 Å². The molecule has 6 heteroatoms. The molecule has 2 heterocycles. The lowest BCUT2D eigenvalue weighted by atomic mass is 10.1. The fourth-order valence-corrected chi connectivity index (χ4v) is 3.26.